The maximum atomic E-state index is 12.5. The van der Waals surface area contributed by atoms with Crippen molar-refractivity contribution >= 4 is 28.0 Å². The average Bonchev–Trinajstić information content (AvgIpc) is 3.06. The van der Waals surface area contributed by atoms with Crippen LogP contribution in [-0.4, -0.2) is 31.0 Å². The number of halogens is 2. The third-order valence-electron chi connectivity index (χ3n) is 3.98. The lowest BCUT2D eigenvalue weighted by Crippen LogP contribution is -2.28. The lowest BCUT2D eigenvalue weighted by Gasteiger charge is -2.18. The Morgan fingerprint density at radius 1 is 1.16 bits per heavy atom. The van der Waals surface area contributed by atoms with Gasteiger partial charge >= 0.3 is 6.61 Å². The number of likely N-dealkylation sites (N-methyl/N-ethyl adjacent to an activating group) is 1. The largest absolute Gasteiger partial charge is 0.433 e. The van der Waals surface area contributed by atoms with Gasteiger partial charge in [0.25, 0.3) is 5.91 Å². The molecule has 130 valence electrons. The van der Waals surface area contributed by atoms with Crippen LogP contribution in [0, 0.1) is 0 Å². The fourth-order valence-electron chi connectivity index (χ4n) is 2.72. The molecule has 2 aromatic carbocycles. The molecule has 6 heteroatoms. The molecule has 1 amide bonds. The standard InChI is InChI=1S/C19H17F2NO2S/c1-22(18(23)17-16(10-12-25-17)24-19(20)21)11-9-14-7-4-6-13-5-2-3-8-15(13)14/h2-8,10,12,19H,9,11H2,1H3. The summed E-state index contributed by atoms with van der Waals surface area (Å²) in [7, 11) is 1.67. The van der Waals surface area contributed by atoms with Crippen molar-refractivity contribution in [2.75, 3.05) is 13.6 Å². The molecule has 25 heavy (non-hydrogen) atoms. The lowest BCUT2D eigenvalue weighted by atomic mass is 10.0. The zero-order valence-electron chi connectivity index (χ0n) is 13.6. The fourth-order valence-corrected chi connectivity index (χ4v) is 3.53. The van der Waals surface area contributed by atoms with Gasteiger partial charge in [0, 0.05) is 13.6 Å². The van der Waals surface area contributed by atoms with Gasteiger partial charge in [0.2, 0.25) is 0 Å². The minimum Gasteiger partial charge on any atom is -0.433 e. The molecule has 0 fully saturated rings. The van der Waals surface area contributed by atoms with E-state index >= 15 is 0 Å². The van der Waals surface area contributed by atoms with Gasteiger partial charge in [-0.2, -0.15) is 8.78 Å². The third kappa shape index (κ3) is 3.96. The third-order valence-corrected chi connectivity index (χ3v) is 4.87. The molecule has 0 aliphatic carbocycles. The number of hydrogen-bond donors (Lipinski definition) is 0. The van der Waals surface area contributed by atoms with Crippen LogP contribution in [0.5, 0.6) is 5.75 Å². The Balaban J connectivity index is 1.71. The Morgan fingerprint density at radius 2 is 1.92 bits per heavy atom. The average molecular weight is 361 g/mol. The summed E-state index contributed by atoms with van der Waals surface area (Å²) >= 11 is 1.10. The summed E-state index contributed by atoms with van der Waals surface area (Å²) in [5.74, 6) is -0.382. The maximum Gasteiger partial charge on any atom is 0.387 e. The Bertz CT molecular complexity index is 873. The Morgan fingerprint density at radius 3 is 2.72 bits per heavy atom. The number of carbonyl (C=O) groups is 1. The van der Waals surface area contributed by atoms with E-state index in [9.17, 15) is 13.6 Å². The number of alkyl halides is 2. The first-order chi connectivity index (χ1) is 12.1. The number of benzene rings is 2. The number of amides is 1. The van der Waals surface area contributed by atoms with Crippen molar-refractivity contribution in [1.29, 1.82) is 0 Å². The highest BCUT2D eigenvalue weighted by Gasteiger charge is 2.20. The molecular weight excluding hydrogens is 344 g/mol. The van der Waals surface area contributed by atoms with Crippen LogP contribution >= 0.6 is 11.3 Å². The second-order valence-corrected chi connectivity index (χ2v) is 6.52. The zero-order valence-corrected chi connectivity index (χ0v) is 14.4. The van der Waals surface area contributed by atoms with E-state index in [2.05, 4.69) is 10.8 Å². The van der Waals surface area contributed by atoms with Crippen LogP contribution in [0.15, 0.2) is 53.9 Å². The molecule has 3 nitrogen and oxygen atoms in total. The number of hydrogen-bond acceptors (Lipinski definition) is 3. The van der Waals surface area contributed by atoms with E-state index in [0.29, 0.717) is 13.0 Å². The molecule has 0 unspecified atom stereocenters. The van der Waals surface area contributed by atoms with Gasteiger partial charge in [-0.3, -0.25) is 4.79 Å². The van der Waals surface area contributed by atoms with Crippen LogP contribution < -0.4 is 4.74 Å². The second-order valence-electron chi connectivity index (χ2n) is 5.61. The van der Waals surface area contributed by atoms with Gasteiger partial charge in [-0.25, -0.2) is 0 Å². The van der Waals surface area contributed by atoms with Crippen molar-refractivity contribution in [3.05, 3.63) is 64.4 Å². The summed E-state index contributed by atoms with van der Waals surface area (Å²) < 4.78 is 29.2. The normalized spacial score (nSPS) is 11.0. The zero-order chi connectivity index (χ0) is 17.8. The number of nitrogens with zero attached hydrogens (tertiary/aromatic N) is 1. The van der Waals surface area contributed by atoms with Gasteiger partial charge in [0.15, 0.2) is 0 Å². The molecule has 0 aliphatic heterocycles. The molecule has 0 spiro atoms. The molecule has 3 aromatic rings. The van der Waals surface area contributed by atoms with E-state index in [1.54, 1.807) is 12.4 Å². The van der Waals surface area contributed by atoms with E-state index in [4.69, 9.17) is 0 Å². The van der Waals surface area contributed by atoms with Gasteiger partial charge in [0.05, 0.1) is 0 Å². The van der Waals surface area contributed by atoms with E-state index in [-0.39, 0.29) is 16.5 Å². The molecule has 0 saturated carbocycles. The highest BCUT2D eigenvalue weighted by molar-refractivity contribution is 7.12. The van der Waals surface area contributed by atoms with Crippen molar-refractivity contribution in [1.82, 2.24) is 4.90 Å². The summed E-state index contributed by atoms with van der Waals surface area (Å²) in [6.45, 7) is -2.46. The molecule has 0 bridgehead atoms. The van der Waals surface area contributed by atoms with Crippen molar-refractivity contribution in [3.8, 4) is 5.75 Å². The van der Waals surface area contributed by atoms with Crippen LogP contribution in [0.4, 0.5) is 8.78 Å². The molecule has 0 atom stereocenters. The van der Waals surface area contributed by atoms with E-state index in [0.717, 1.165) is 27.7 Å². The van der Waals surface area contributed by atoms with Gasteiger partial charge < -0.3 is 9.64 Å². The first-order valence-corrected chi connectivity index (χ1v) is 8.68. The van der Waals surface area contributed by atoms with Crippen LogP contribution in [0.3, 0.4) is 0 Å². The number of carbonyl (C=O) groups excluding carboxylic acids is 1. The van der Waals surface area contributed by atoms with E-state index in [1.165, 1.54) is 11.0 Å². The first-order valence-electron chi connectivity index (χ1n) is 7.80. The fraction of sp³-hybridized carbons (Fsp3) is 0.211. The molecule has 0 N–H and O–H groups in total. The smallest absolute Gasteiger partial charge is 0.387 e. The Hall–Kier alpha value is -2.47. The molecular formula is C19H17F2NO2S. The van der Waals surface area contributed by atoms with Gasteiger partial charge in [-0.1, -0.05) is 42.5 Å². The summed E-state index contributed by atoms with van der Waals surface area (Å²) in [5.41, 5.74) is 1.15. The highest BCUT2D eigenvalue weighted by atomic mass is 32.1. The van der Waals surface area contributed by atoms with Crippen molar-refractivity contribution in [2.24, 2.45) is 0 Å². The van der Waals surface area contributed by atoms with Crippen LogP contribution in [0.1, 0.15) is 15.2 Å². The number of thiophene rings is 1. The number of ether oxygens (including phenoxy) is 1. The Labute approximate surface area is 148 Å². The second kappa shape index (κ2) is 7.61. The summed E-state index contributed by atoms with van der Waals surface area (Å²) in [4.78, 5) is 14.2. The quantitative estimate of drug-likeness (QED) is 0.630. The Kier molecular flexibility index (Phi) is 5.28. The maximum absolute atomic E-state index is 12.5. The van der Waals surface area contributed by atoms with Crippen molar-refractivity contribution in [3.63, 3.8) is 0 Å². The van der Waals surface area contributed by atoms with Crippen molar-refractivity contribution in [2.45, 2.75) is 13.0 Å². The molecule has 0 aliphatic rings. The monoisotopic (exact) mass is 361 g/mol. The molecule has 1 aromatic heterocycles. The molecule has 1 heterocycles. The minimum atomic E-state index is -2.94. The van der Waals surface area contributed by atoms with Crippen LogP contribution in [-0.2, 0) is 6.42 Å². The van der Waals surface area contributed by atoms with E-state index < -0.39 is 6.61 Å². The van der Waals surface area contributed by atoms with Gasteiger partial charge in [-0.15, -0.1) is 11.3 Å². The predicted octanol–water partition coefficient (Wildman–Crippen LogP) is 4.82. The number of rotatable bonds is 6. The molecule has 3 rings (SSSR count). The summed E-state index contributed by atoms with van der Waals surface area (Å²) in [5, 5.41) is 3.88. The van der Waals surface area contributed by atoms with Crippen LogP contribution in [0.25, 0.3) is 10.8 Å². The SMILES string of the molecule is CN(CCc1cccc2ccccc12)C(=O)c1sccc1OC(F)F. The highest BCUT2D eigenvalue weighted by Crippen LogP contribution is 2.28. The van der Waals surface area contributed by atoms with Crippen LogP contribution in [0.2, 0.25) is 0 Å². The molecule has 0 radical (unpaired) electrons. The van der Waals surface area contributed by atoms with E-state index in [1.807, 2.05) is 36.4 Å². The van der Waals surface area contributed by atoms with Gasteiger partial charge in [0.1, 0.15) is 10.6 Å². The van der Waals surface area contributed by atoms with Crippen molar-refractivity contribution < 1.29 is 18.3 Å². The molecule has 0 saturated heterocycles. The summed E-state index contributed by atoms with van der Waals surface area (Å²) in [6, 6.07) is 15.6. The summed E-state index contributed by atoms with van der Waals surface area (Å²) in [6.07, 6.45) is 0.681. The minimum absolute atomic E-state index is 0.0676. The van der Waals surface area contributed by atoms with Gasteiger partial charge in [-0.05, 0) is 34.2 Å². The number of fused-ring (bicyclic) bond motifs is 1. The topological polar surface area (TPSA) is 29.5 Å². The lowest BCUT2D eigenvalue weighted by molar-refractivity contribution is -0.0499. The first kappa shape index (κ1) is 17.4. The predicted molar refractivity (Wildman–Crippen MR) is 95.6 cm³/mol.